The largest absolute Gasteiger partial charge is 0.341 e. The first-order valence-electron chi connectivity index (χ1n) is 5.56. The molecule has 1 aromatic carbocycles. The molecule has 0 bridgehead atoms. The number of nitrogens with zero attached hydrogens (tertiary/aromatic N) is 1. The molecule has 0 spiro atoms. The van der Waals surface area contributed by atoms with Crippen molar-refractivity contribution >= 4 is 17.2 Å². The first-order chi connectivity index (χ1) is 8.25. The summed E-state index contributed by atoms with van der Waals surface area (Å²) in [6.45, 7) is 0.672. The highest BCUT2D eigenvalue weighted by Crippen LogP contribution is 2.11. The van der Waals surface area contributed by atoms with E-state index < -0.39 is 0 Å². The third kappa shape index (κ3) is 3.43. The van der Waals surface area contributed by atoms with E-state index in [0.717, 1.165) is 10.4 Å². The highest BCUT2D eigenvalue weighted by atomic mass is 32.1. The van der Waals surface area contributed by atoms with Gasteiger partial charge in [0, 0.05) is 18.5 Å². The van der Waals surface area contributed by atoms with Gasteiger partial charge in [-0.1, -0.05) is 36.4 Å². The fraction of sp³-hybridized carbons (Fsp3) is 0.214. The van der Waals surface area contributed by atoms with E-state index in [0.29, 0.717) is 13.0 Å². The molecule has 1 aromatic heterocycles. The number of hydrogen-bond acceptors (Lipinski definition) is 2. The molecule has 1 amide bonds. The number of hydrogen-bond donors (Lipinski definition) is 0. The monoisotopic (exact) mass is 245 g/mol. The van der Waals surface area contributed by atoms with Gasteiger partial charge in [-0.3, -0.25) is 4.79 Å². The number of likely N-dealkylation sites (N-methyl/N-ethyl adjacent to an activating group) is 1. The minimum Gasteiger partial charge on any atom is -0.341 e. The second-order valence-corrected chi connectivity index (χ2v) is 5.02. The first-order valence-corrected chi connectivity index (χ1v) is 6.44. The average Bonchev–Trinajstić information content (AvgIpc) is 2.83. The Morgan fingerprint density at radius 2 is 1.94 bits per heavy atom. The summed E-state index contributed by atoms with van der Waals surface area (Å²) in [7, 11) is 1.85. The van der Waals surface area contributed by atoms with Crippen molar-refractivity contribution in [1.29, 1.82) is 0 Å². The lowest BCUT2D eigenvalue weighted by Crippen LogP contribution is -2.27. The van der Waals surface area contributed by atoms with Crippen LogP contribution in [0.15, 0.2) is 47.8 Å². The van der Waals surface area contributed by atoms with Crippen LogP contribution in [0.25, 0.3) is 0 Å². The number of rotatable bonds is 4. The Bertz CT molecular complexity index is 464. The molecule has 3 heteroatoms. The summed E-state index contributed by atoms with van der Waals surface area (Å²) in [5, 5.41) is 2.00. The molecule has 17 heavy (non-hydrogen) atoms. The second-order valence-electron chi connectivity index (χ2n) is 3.99. The van der Waals surface area contributed by atoms with E-state index in [1.165, 1.54) is 0 Å². The molecule has 0 atom stereocenters. The maximum absolute atomic E-state index is 11.9. The summed E-state index contributed by atoms with van der Waals surface area (Å²) in [5.74, 6) is 0.163. The van der Waals surface area contributed by atoms with E-state index in [1.54, 1.807) is 16.2 Å². The molecule has 0 unspecified atom stereocenters. The van der Waals surface area contributed by atoms with Gasteiger partial charge in [0.2, 0.25) is 5.91 Å². The second kappa shape index (κ2) is 5.64. The van der Waals surface area contributed by atoms with Crippen molar-refractivity contribution in [2.75, 3.05) is 7.05 Å². The van der Waals surface area contributed by atoms with E-state index in [-0.39, 0.29) is 5.91 Å². The van der Waals surface area contributed by atoms with Crippen molar-refractivity contribution in [3.05, 3.63) is 58.3 Å². The summed E-state index contributed by atoms with van der Waals surface area (Å²) >= 11 is 1.63. The van der Waals surface area contributed by atoms with E-state index in [4.69, 9.17) is 0 Å². The molecule has 0 radical (unpaired) electrons. The van der Waals surface area contributed by atoms with E-state index in [9.17, 15) is 4.79 Å². The quantitative estimate of drug-likeness (QED) is 0.811. The molecule has 0 fully saturated rings. The van der Waals surface area contributed by atoms with Crippen molar-refractivity contribution < 1.29 is 4.79 Å². The zero-order valence-corrected chi connectivity index (χ0v) is 10.6. The SMILES string of the molecule is CN(Cc1ccccc1)C(=O)Cc1cccs1. The van der Waals surface area contributed by atoms with Crippen molar-refractivity contribution in [3.63, 3.8) is 0 Å². The van der Waals surface area contributed by atoms with Crippen molar-refractivity contribution in [2.24, 2.45) is 0 Å². The minimum atomic E-state index is 0.163. The molecule has 0 aliphatic carbocycles. The van der Waals surface area contributed by atoms with Crippen LogP contribution in [0.1, 0.15) is 10.4 Å². The molecular formula is C14H15NOS. The van der Waals surface area contributed by atoms with Gasteiger partial charge >= 0.3 is 0 Å². The zero-order chi connectivity index (χ0) is 12.1. The molecular weight excluding hydrogens is 230 g/mol. The first kappa shape index (κ1) is 11.9. The molecule has 88 valence electrons. The van der Waals surface area contributed by atoms with E-state index >= 15 is 0 Å². The molecule has 1 heterocycles. The van der Waals surface area contributed by atoms with Gasteiger partial charge in [0.15, 0.2) is 0 Å². The van der Waals surface area contributed by atoms with Gasteiger partial charge in [0.05, 0.1) is 6.42 Å². The smallest absolute Gasteiger partial charge is 0.227 e. The lowest BCUT2D eigenvalue weighted by atomic mass is 10.2. The summed E-state index contributed by atoms with van der Waals surface area (Å²) in [4.78, 5) is 14.8. The van der Waals surface area contributed by atoms with Crippen molar-refractivity contribution in [1.82, 2.24) is 4.90 Å². The van der Waals surface area contributed by atoms with Crippen LogP contribution in [0.3, 0.4) is 0 Å². The van der Waals surface area contributed by atoms with E-state index in [2.05, 4.69) is 0 Å². The molecule has 0 aliphatic rings. The maximum Gasteiger partial charge on any atom is 0.227 e. The van der Waals surface area contributed by atoms with Gasteiger partial charge in [-0.15, -0.1) is 11.3 Å². The van der Waals surface area contributed by atoms with E-state index in [1.807, 2.05) is 54.9 Å². The fourth-order valence-corrected chi connectivity index (χ4v) is 2.34. The van der Waals surface area contributed by atoms with Gasteiger partial charge in [0.1, 0.15) is 0 Å². The Balaban J connectivity index is 1.92. The Hall–Kier alpha value is -1.61. The predicted octanol–water partition coefficient (Wildman–Crippen LogP) is 2.95. The number of benzene rings is 1. The maximum atomic E-state index is 11.9. The summed E-state index contributed by atoms with van der Waals surface area (Å²) < 4.78 is 0. The average molecular weight is 245 g/mol. The molecule has 2 nitrogen and oxygen atoms in total. The molecule has 0 aliphatic heterocycles. The lowest BCUT2D eigenvalue weighted by molar-refractivity contribution is -0.129. The van der Waals surface area contributed by atoms with Gasteiger partial charge < -0.3 is 4.90 Å². The van der Waals surface area contributed by atoms with Gasteiger partial charge in [-0.25, -0.2) is 0 Å². The van der Waals surface area contributed by atoms with Crippen LogP contribution in [0.2, 0.25) is 0 Å². The van der Waals surface area contributed by atoms with Gasteiger partial charge in [0.25, 0.3) is 0 Å². The standard InChI is InChI=1S/C14H15NOS/c1-15(11-12-6-3-2-4-7-12)14(16)10-13-8-5-9-17-13/h2-9H,10-11H2,1H3. The molecule has 0 saturated carbocycles. The van der Waals surface area contributed by atoms with Crippen LogP contribution >= 0.6 is 11.3 Å². The number of thiophene rings is 1. The topological polar surface area (TPSA) is 20.3 Å². The number of carbonyl (C=O) groups is 1. The number of carbonyl (C=O) groups excluding carboxylic acids is 1. The zero-order valence-electron chi connectivity index (χ0n) is 9.80. The Morgan fingerprint density at radius 3 is 2.59 bits per heavy atom. The summed E-state index contributed by atoms with van der Waals surface area (Å²) in [6.07, 6.45) is 0.501. The van der Waals surface area contributed by atoms with Crippen LogP contribution in [0.4, 0.5) is 0 Å². The van der Waals surface area contributed by atoms with Crippen LogP contribution in [-0.4, -0.2) is 17.9 Å². The molecule has 0 N–H and O–H groups in total. The van der Waals surface area contributed by atoms with Crippen molar-refractivity contribution in [3.8, 4) is 0 Å². The van der Waals surface area contributed by atoms with Crippen molar-refractivity contribution in [2.45, 2.75) is 13.0 Å². The van der Waals surface area contributed by atoms with Gasteiger partial charge in [-0.05, 0) is 17.0 Å². The third-order valence-electron chi connectivity index (χ3n) is 2.59. The predicted molar refractivity (Wildman–Crippen MR) is 70.9 cm³/mol. The highest BCUT2D eigenvalue weighted by Gasteiger charge is 2.10. The van der Waals surface area contributed by atoms with Crippen LogP contribution in [0.5, 0.6) is 0 Å². The molecule has 2 rings (SSSR count). The Kier molecular flexibility index (Phi) is 3.94. The van der Waals surface area contributed by atoms with Crippen LogP contribution < -0.4 is 0 Å². The fourth-order valence-electron chi connectivity index (χ4n) is 1.64. The van der Waals surface area contributed by atoms with Gasteiger partial charge in [-0.2, -0.15) is 0 Å². The molecule has 2 aromatic rings. The normalized spacial score (nSPS) is 10.2. The van der Waals surface area contributed by atoms with Crippen LogP contribution in [0, 0.1) is 0 Å². The summed E-state index contributed by atoms with van der Waals surface area (Å²) in [5.41, 5.74) is 1.16. The Morgan fingerprint density at radius 1 is 1.18 bits per heavy atom. The lowest BCUT2D eigenvalue weighted by Gasteiger charge is -2.16. The number of amides is 1. The highest BCUT2D eigenvalue weighted by molar-refractivity contribution is 7.10. The minimum absolute atomic E-state index is 0.163. The Labute approximate surface area is 106 Å². The third-order valence-corrected chi connectivity index (χ3v) is 3.47. The summed E-state index contributed by atoms with van der Waals surface area (Å²) in [6, 6.07) is 14.0. The van der Waals surface area contributed by atoms with Crippen LogP contribution in [-0.2, 0) is 17.8 Å². The molecule has 0 saturated heterocycles.